The third kappa shape index (κ3) is 5.13. The van der Waals surface area contributed by atoms with Crippen LogP contribution in [0.5, 0.6) is 5.75 Å². The molecule has 0 atom stereocenters. The molecule has 3 rings (SSSR count). The third-order valence-electron chi connectivity index (χ3n) is 4.57. The summed E-state index contributed by atoms with van der Waals surface area (Å²) in [7, 11) is 0. The van der Waals surface area contributed by atoms with Gasteiger partial charge in [-0.1, -0.05) is 0 Å². The van der Waals surface area contributed by atoms with Crippen molar-refractivity contribution in [2.75, 3.05) is 16.0 Å². The second-order valence-electron chi connectivity index (χ2n) is 7.44. The fraction of sp³-hybridized carbons (Fsp3) is 0.318. The minimum Gasteiger partial charge on any atom is -0.491 e. The van der Waals surface area contributed by atoms with Gasteiger partial charge in [-0.3, -0.25) is 14.4 Å². The van der Waals surface area contributed by atoms with E-state index in [1.807, 2.05) is 13.8 Å². The number of ether oxygens (including phenoxy) is 1. The van der Waals surface area contributed by atoms with Crippen molar-refractivity contribution >= 4 is 34.8 Å². The topological polar surface area (TPSA) is 96.5 Å². The van der Waals surface area contributed by atoms with Gasteiger partial charge in [0.05, 0.1) is 6.10 Å². The number of rotatable bonds is 7. The second-order valence-corrected chi connectivity index (χ2v) is 7.44. The minimum absolute atomic E-state index is 0.0705. The number of carbonyl (C=O) groups excluding carboxylic acids is 3. The highest BCUT2D eigenvalue weighted by Gasteiger charge is 2.56. The fourth-order valence-corrected chi connectivity index (χ4v) is 2.91. The molecule has 0 unspecified atom stereocenters. The highest BCUT2D eigenvalue weighted by atomic mass is 16.5. The predicted molar refractivity (Wildman–Crippen MR) is 112 cm³/mol. The van der Waals surface area contributed by atoms with Crippen molar-refractivity contribution in [2.24, 2.45) is 5.41 Å². The summed E-state index contributed by atoms with van der Waals surface area (Å²) in [6, 6.07) is 13.8. The molecule has 1 fully saturated rings. The van der Waals surface area contributed by atoms with Crippen LogP contribution >= 0.6 is 0 Å². The molecule has 7 heteroatoms. The first-order valence-electron chi connectivity index (χ1n) is 9.56. The maximum Gasteiger partial charge on any atom is 0.240 e. The molecule has 0 saturated heterocycles. The second kappa shape index (κ2) is 8.34. The van der Waals surface area contributed by atoms with Gasteiger partial charge in [-0.2, -0.15) is 0 Å². The summed E-state index contributed by atoms with van der Waals surface area (Å²) in [6.07, 6.45) is 1.08. The molecule has 0 bridgehead atoms. The molecule has 29 heavy (non-hydrogen) atoms. The molecular formula is C22H25N3O4. The van der Waals surface area contributed by atoms with Gasteiger partial charge in [-0.25, -0.2) is 0 Å². The number of benzene rings is 2. The Hall–Kier alpha value is -3.35. The van der Waals surface area contributed by atoms with Gasteiger partial charge in [0.15, 0.2) is 0 Å². The maximum absolute atomic E-state index is 12.7. The Morgan fingerprint density at radius 1 is 0.793 bits per heavy atom. The average molecular weight is 395 g/mol. The van der Waals surface area contributed by atoms with E-state index in [1.54, 1.807) is 48.5 Å². The van der Waals surface area contributed by atoms with Gasteiger partial charge in [0.1, 0.15) is 11.2 Å². The fourth-order valence-electron chi connectivity index (χ4n) is 2.91. The summed E-state index contributed by atoms with van der Waals surface area (Å²) in [4.78, 5) is 36.5. The molecular weight excluding hydrogens is 370 g/mol. The van der Waals surface area contributed by atoms with Crippen molar-refractivity contribution in [3.8, 4) is 5.75 Å². The Labute approximate surface area is 169 Å². The number of hydrogen-bond acceptors (Lipinski definition) is 4. The molecule has 3 N–H and O–H groups in total. The largest absolute Gasteiger partial charge is 0.491 e. The zero-order valence-electron chi connectivity index (χ0n) is 16.7. The van der Waals surface area contributed by atoms with Crippen LogP contribution in [-0.2, 0) is 14.4 Å². The van der Waals surface area contributed by atoms with Crippen molar-refractivity contribution in [1.29, 1.82) is 0 Å². The molecule has 7 nitrogen and oxygen atoms in total. The molecule has 0 aromatic heterocycles. The molecule has 0 heterocycles. The number of nitrogens with one attached hydrogen (secondary N) is 3. The van der Waals surface area contributed by atoms with E-state index in [-0.39, 0.29) is 23.8 Å². The SMILES string of the molecule is CC(=O)Nc1ccc(NC(=O)C2(C(=O)Nc3ccc(OC(C)C)cc3)CC2)cc1. The Kier molecular flexibility index (Phi) is 5.87. The zero-order valence-corrected chi connectivity index (χ0v) is 16.7. The van der Waals surface area contributed by atoms with Crippen LogP contribution in [0.1, 0.15) is 33.6 Å². The first kappa shape index (κ1) is 20.4. The minimum atomic E-state index is -1.05. The Balaban J connectivity index is 1.60. The molecule has 0 aliphatic heterocycles. The van der Waals surface area contributed by atoms with Gasteiger partial charge >= 0.3 is 0 Å². The number of carbonyl (C=O) groups is 3. The van der Waals surface area contributed by atoms with E-state index in [0.717, 1.165) is 5.75 Å². The quantitative estimate of drug-likeness (QED) is 0.622. The van der Waals surface area contributed by atoms with Crippen molar-refractivity contribution in [3.05, 3.63) is 48.5 Å². The van der Waals surface area contributed by atoms with Crippen molar-refractivity contribution in [1.82, 2.24) is 0 Å². The summed E-state index contributed by atoms with van der Waals surface area (Å²) in [5.74, 6) is -0.0942. The van der Waals surface area contributed by atoms with Crippen LogP contribution in [0, 0.1) is 5.41 Å². The van der Waals surface area contributed by atoms with E-state index >= 15 is 0 Å². The first-order valence-corrected chi connectivity index (χ1v) is 9.56. The van der Waals surface area contributed by atoms with Crippen LogP contribution in [0.2, 0.25) is 0 Å². The highest BCUT2D eigenvalue weighted by Crippen LogP contribution is 2.47. The number of amides is 3. The van der Waals surface area contributed by atoms with E-state index in [4.69, 9.17) is 4.74 Å². The lowest BCUT2D eigenvalue weighted by atomic mass is 10.0. The van der Waals surface area contributed by atoms with Gasteiger partial charge in [0.25, 0.3) is 0 Å². The van der Waals surface area contributed by atoms with E-state index in [2.05, 4.69) is 16.0 Å². The molecule has 1 aliphatic rings. The predicted octanol–water partition coefficient (Wildman–Crippen LogP) is 3.79. The first-order chi connectivity index (χ1) is 13.8. The third-order valence-corrected chi connectivity index (χ3v) is 4.57. The van der Waals surface area contributed by atoms with Crippen LogP contribution in [0.25, 0.3) is 0 Å². The Morgan fingerprint density at radius 3 is 1.59 bits per heavy atom. The molecule has 152 valence electrons. The van der Waals surface area contributed by atoms with Crippen LogP contribution in [-0.4, -0.2) is 23.8 Å². The molecule has 3 amide bonds. The summed E-state index contributed by atoms with van der Waals surface area (Å²) >= 11 is 0. The van der Waals surface area contributed by atoms with Gasteiger partial charge in [-0.15, -0.1) is 0 Å². The maximum atomic E-state index is 12.7. The lowest BCUT2D eigenvalue weighted by Gasteiger charge is -2.16. The summed E-state index contributed by atoms with van der Waals surface area (Å²) in [5, 5.41) is 8.27. The van der Waals surface area contributed by atoms with E-state index in [1.165, 1.54) is 6.92 Å². The van der Waals surface area contributed by atoms with Gasteiger partial charge < -0.3 is 20.7 Å². The van der Waals surface area contributed by atoms with E-state index in [9.17, 15) is 14.4 Å². The van der Waals surface area contributed by atoms with Crippen LogP contribution in [0.3, 0.4) is 0 Å². The van der Waals surface area contributed by atoms with Gasteiger partial charge in [0, 0.05) is 24.0 Å². The molecule has 1 aliphatic carbocycles. The Morgan fingerprint density at radius 2 is 1.21 bits per heavy atom. The molecule has 0 spiro atoms. The van der Waals surface area contributed by atoms with E-state index < -0.39 is 5.41 Å². The average Bonchev–Trinajstić information content (AvgIpc) is 3.46. The van der Waals surface area contributed by atoms with E-state index in [0.29, 0.717) is 29.9 Å². The van der Waals surface area contributed by atoms with Crippen LogP contribution < -0.4 is 20.7 Å². The van der Waals surface area contributed by atoms with Crippen LogP contribution in [0.4, 0.5) is 17.1 Å². The van der Waals surface area contributed by atoms with Crippen LogP contribution in [0.15, 0.2) is 48.5 Å². The summed E-state index contributed by atoms with van der Waals surface area (Å²) in [5.41, 5.74) is 0.770. The summed E-state index contributed by atoms with van der Waals surface area (Å²) < 4.78 is 5.59. The van der Waals surface area contributed by atoms with Crippen molar-refractivity contribution in [2.45, 2.75) is 39.7 Å². The standard InChI is InChI=1S/C22H25N3O4/c1-14(2)29-19-10-8-18(9-11-19)25-21(28)22(12-13-22)20(27)24-17-6-4-16(5-7-17)23-15(3)26/h4-11,14H,12-13H2,1-3H3,(H,23,26)(H,24,27)(H,25,28). The molecule has 1 saturated carbocycles. The molecule has 2 aromatic carbocycles. The normalized spacial score (nSPS) is 14.1. The van der Waals surface area contributed by atoms with Crippen molar-refractivity contribution < 1.29 is 19.1 Å². The number of anilines is 3. The monoisotopic (exact) mass is 395 g/mol. The molecule has 2 aromatic rings. The summed E-state index contributed by atoms with van der Waals surface area (Å²) in [6.45, 7) is 5.31. The Bertz CT molecular complexity index is 901. The van der Waals surface area contributed by atoms with Crippen molar-refractivity contribution in [3.63, 3.8) is 0 Å². The lowest BCUT2D eigenvalue weighted by Crippen LogP contribution is -2.35. The highest BCUT2D eigenvalue weighted by molar-refractivity contribution is 6.16. The van der Waals surface area contributed by atoms with Gasteiger partial charge in [-0.05, 0) is 75.2 Å². The zero-order chi connectivity index (χ0) is 21.0. The lowest BCUT2D eigenvalue weighted by molar-refractivity contribution is -0.131. The van der Waals surface area contributed by atoms with Gasteiger partial charge in [0.2, 0.25) is 17.7 Å². The molecule has 0 radical (unpaired) electrons. The smallest absolute Gasteiger partial charge is 0.240 e. The number of hydrogen-bond donors (Lipinski definition) is 3.